The summed E-state index contributed by atoms with van der Waals surface area (Å²) in [7, 11) is 2.08. The molecule has 0 spiro atoms. The lowest BCUT2D eigenvalue weighted by Crippen LogP contribution is -2.47. The Kier molecular flexibility index (Phi) is 5.58. The number of rotatable bonds is 5. The molecule has 1 aliphatic rings. The highest BCUT2D eigenvalue weighted by molar-refractivity contribution is 5.76. The van der Waals surface area contributed by atoms with E-state index >= 15 is 0 Å². The molecule has 0 N–H and O–H groups in total. The Labute approximate surface area is 184 Å². The maximum Gasteiger partial charge on any atom is 0.106 e. The molecule has 4 nitrogen and oxygen atoms in total. The van der Waals surface area contributed by atoms with E-state index in [9.17, 15) is 0 Å². The van der Waals surface area contributed by atoms with E-state index in [-0.39, 0.29) is 0 Å². The number of aromatic nitrogens is 2. The van der Waals surface area contributed by atoms with Crippen LogP contribution >= 0.6 is 0 Å². The highest BCUT2D eigenvalue weighted by Crippen LogP contribution is 2.29. The third kappa shape index (κ3) is 4.14. The van der Waals surface area contributed by atoms with Crippen molar-refractivity contribution in [1.29, 1.82) is 0 Å². The normalized spacial score (nSPS) is 15.7. The molecule has 5 rings (SSSR count). The molecule has 158 valence electrons. The maximum absolute atomic E-state index is 4.71. The van der Waals surface area contributed by atoms with Gasteiger partial charge in [0.15, 0.2) is 0 Å². The van der Waals surface area contributed by atoms with Gasteiger partial charge in [-0.25, -0.2) is 4.98 Å². The maximum atomic E-state index is 4.71. The van der Waals surface area contributed by atoms with Crippen LogP contribution < -0.4 is 0 Å². The van der Waals surface area contributed by atoms with E-state index < -0.39 is 0 Å². The first-order valence-electron chi connectivity index (χ1n) is 11.2. The van der Waals surface area contributed by atoms with Crippen molar-refractivity contribution in [3.8, 4) is 0 Å². The van der Waals surface area contributed by atoms with Gasteiger partial charge < -0.3 is 4.57 Å². The molecule has 1 aliphatic heterocycles. The van der Waals surface area contributed by atoms with E-state index in [1.54, 1.807) is 0 Å². The zero-order chi connectivity index (χ0) is 21.2. The van der Waals surface area contributed by atoms with E-state index in [1.807, 2.05) is 0 Å². The molecule has 1 saturated heterocycles. The predicted molar refractivity (Wildman–Crippen MR) is 127 cm³/mol. The van der Waals surface area contributed by atoms with Crippen LogP contribution in [0.15, 0.2) is 78.9 Å². The van der Waals surface area contributed by atoms with E-state index in [4.69, 9.17) is 4.98 Å². The van der Waals surface area contributed by atoms with Crippen LogP contribution in [0.1, 0.15) is 28.6 Å². The number of nitrogens with zero attached hydrogens (tertiary/aromatic N) is 4. The molecule has 1 aromatic heterocycles. The molecular weight excluding hydrogens is 380 g/mol. The molecule has 0 aliphatic carbocycles. The number of imidazole rings is 1. The Hall–Kier alpha value is -2.95. The Bertz CT molecular complexity index is 1100. The first-order chi connectivity index (χ1) is 15.2. The number of piperazine rings is 1. The molecule has 31 heavy (non-hydrogen) atoms. The second kappa shape index (κ2) is 8.66. The fourth-order valence-electron chi connectivity index (χ4n) is 4.79. The smallest absolute Gasteiger partial charge is 0.106 e. The van der Waals surface area contributed by atoms with Gasteiger partial charge >= 0.3 is 0 Å². The van der Waals surface area contributed by atoms with Crippen LogP contribution in [0.4, 0.5) is 0 Å². The van der Waals surface area contributed by atoms with Gasteiger partial charge in [0.05, 0.1) is 17.1 Å². The zero-order valence-corrected chi connectivity index (χ0v) is 18.4. The van der Waals surface area contributed by atoms with Crippen molar-refractivity contribution in [2.24, 2.45) is 7.05 Å². The predicted octanol–water partition coefficient (Wildman–Crippen LogP) is 4.79. The summed E-state index contributed by atoms with van der Waals surface area (Å²) in [4.78, 5) is 9.91. The van der Waals surface area contributed by atoms with Crippen molar-refractivity contribution < 1.29 is 0 Å². The fourth-order valence-corrected chi connectivity index (χ4v) is 4.79. The van der Waals surface area contributed by atoms with Crippen molar-refractivity contribution in [3.63, 3.8) is 0 Å². The quantitative estimate of drug-likeness (QED) is 0.473. The molecule has 3 aromatic carbocycles. The molecule has 2 heterocycles. The second-order valence-corrected chi connectivity index (χ2v) is 8.58. The Morgan fingerprint density at radius 2 is 1.42 bits per heavy atom. The Morgan fingerprint density at radius 3 is 2.03 bits per heavy atom. The topological polar surface area (TPSA) is 24.3 Å². The minimum atomic E-state index is 0.317. The molecule has 0 radical (unpaired) electrons. The number of fused-ring (bicyclic) bond motifs is 1. The third-order valence-electron chi connectivity index (χ3n) is 6.58. The SMILES string of the molecule is Cc1nc2cc(CN3CCN(C(c4ccccc4)c4ccccc4)CC3)ccc2n1C. The minimum Gasteiger partial charge on any atom is -0.331 e. The van der Waals surface area contributed by atoms with Crippen LogP contribution in [0.25, 0.3) is 11.0 Å². The number of hydrogen-bond donors (Lipinski definition) is 0. The van der Waals surface area contributed by atoms with Gasteiger partial charge in [-0.1, -0.05) is 66.7 Å². The molecule has 0 amide bonds. The lowest BCUT2D eigenvalue weighted by atomic mass is 9.96. The Morgan fingerprint density at radius 1 is 0.806 bits per heavy atom. The Balaban J connectivity index is 1.30. The molecule has 4 aromatic rings. The molecule has 0 saturated carbocycles. The lowest BCUT2D eigenvalue weighted by molar-refractivity contribution is 0.105. The standard InChI is InChI=1S/C27H30N4/c1-21-28-25-19-22(13-14-26(25)29(21)2)20-30-15-17-31(18-16-30)27(23-9-5-3-6-10-23)24-11-7-4-8-12-24/h3-14,19,27H,15-18,20H2,1-2H3. The average molecular weight is 411 g/mol. The van der Waals surface area contributed by atoms with Crippen molar-refractivity contribution in [2.45, 2.75) is 19.5 Å². The lowest BCUT2D eigenvalue weighted by Gasteiger charge is -2.39. The van der Waals surface area contributed by atoms with Crippen LogP contribution in [0.2, 0.25) is 0 Å². The molecule has 0 unspecified atom stereocenters. The molecule has 1 fully saturated rings. The second-order valence-electron chi connectivity index (χ2n) is 8.58. The monoisotopic (exact) mass is 410 g/mol. The van der Waals surface area contributed by atoms with E-state index in [0.717, 1.165) is 44.1 Å². The first kappa shape index (κ1) is 20.0. The highest BCUT2D eigenvalue weighted by atomic mass is 15.3. The van der Waals surface area contributed by atoms with E-state index in [2.05, 4.69) is 107 Å². The van der Waals surface area contributed by atoms with Crippen LogP contribution in [0.5, 0.6) is 0 Å². The van der Waals surface area contributed by atoms with Gasteiger partial charge in [-0.15, -0.1) is 0 Å². The van der Waals surface area contributed by atoms with E-state index in [0.29, 0.717) is 6.04 Å². The summed E-state index contributed by atoms with van der Waals surface area (Å²) < 4.78 is 2.16. The first-order valence-corrected chi connectivity index (χ1v) is 11.2. The summed E-state index contributed by atoms with van der Waals surface area (Å²) in [6.45, 7) is 7.35. The molecule has 4 heteroatoms. The van der Waals surface area contributed by atoms with Crippen LogP contribution in [0.3, 0.4) is 0 Å². The number of benzene rings is 3. The number of aryl methyl sites for hydroxylation is 2. The fraction of sp³-hybridized carbons (Fsp3) is 0.296. The van der Waals surface area contributed by atoms with Crippen molar-refractivity contribution in [2.75, 3.05) is 26.2 Å². The minimum absolute atomic E-state index is 0.317. The number of hydrogen-bond acceptors (Lipinski definition) is 3. The van der Waals surface area contributed by atoms with Gasteiger partial charge in [-0.2, -0.15) is 0 Å². The van der Waals surface area contributed by atoms with Crippen LogP contribution in [0, 0.1) is 6.92 Å². The zero-order valence-electron chi connectivity index (χ0n) is 18.4. The summed E-state index contributed by atoms with van der Waals surface area (Å²) in [5.74, 6) is 1.06. The summed E-state index contributed by atoms with van der Waals surface area (Å²) in [5, 5.41) is 0. The van der Waals surface area contributed by atoms with Crippen molar-refractivity contribution in [3.05, 3.63) is 101 Å². The molecule has 0 bridgehead atoms. The van der Waals surface area contributed by atoms with Gasteiger partial charge in [-0.05, 0) is 35.7 Å². The van der Waals surface area contributed by atoms with Crippen LogP contribution in [-0.2, 0) is 13.6 Å². The van der Waals surface area contributed by atoms with E-state index in [1.165, 1.54) is 22.2 Å². The highest BCUT2D eigenvalue weighted by Gasteiger charge is 2.26. The average Bonchev–Trinajstić information content (AvgIpc) is 3.09. The van der Waals surface area contributed by atoms with Crippen molar-refractivity contribution >= 4 is 11.0 Å². The third-order valence-corrected chi connectivity index (χ3v) is 6.58. The summed E-state index contributed by atoms with van der Waals surface area (Å²) >= 11 is 0. The van der Waals surface area contributed by atoms with Gasteiger partial charge in [-0.3, -0.25) is 9.80 Å². The van der Waals surface area contributed by atoms with Gasteiger partial charge in [0.25, 0.3) is 0 Å². The van der Waals surface area contributed by atoms with Gasteiger partial charge in [0.1, 0.15) is 5.82 Å². The summed E-state index contributed by atoms with van der Waals surface area (Å²) in [5.41, 5.74) is 6.40. The van der Waals surface area contributed by atoms with Gasteiger partial charge in [0.2, 0.25) is 0 Å². The molecule has 0 atom stereocenters. The largest absolute Gasteiger partial charge is 0.331 e. The molecular formula is C27H30N4. The van der Waals surface area contributed by atoms with Gasteiger partial charge in [0, 0.05) is 39.8 Å². The summed E-state index contributed by atoms with van der Waals surface area (Å²) in [6, 6.07) is 28.9. The van der Waals surface area contributed by atoms with Crippen LogP contribution in [-0.4, -0.2) is 45.5 Å². The summed E-state index contributed by atoms with van der Waals surface area (Å²) in [6.07, 6.45) is 0. The van der Waals surface area contributed by atoms with Crippen molar-refractivity contribution in [1.82, 2.24) is 19.4 Å².